The van der Waals surface area contributed by atoms with Crippen LogP contribution in [0.5, 0.6) is 0 Å². The third-order valence-electron chi connectivity index (χ3n) is 4.04. The molecule has 0 radical (unpaired) electrons. The largest absolute Gasteiger partial charge is 0.325 e. The number of thioether (sulfide) groups is 2. The van der Waals surface area contributed by atoms with Gasteiger partial charge in [-0.05, 0) is 51.5 Å². The fraction of sp³-hybridized carbons (Fsp3) is 0.350. The first-order valence-electron chi connectivity index (χ1n) is 9.31. The zero-order chi connectivity index (χ0) is 20.8. The van der Waals surface area contributed by atoms with Crippen LogP contribution in [0, 0.1) is 20.8 Å². The summed E-state index contributed by atoms with van der Waals surface area (Å²) in [5, 5.41) is 13.0. The average Bonchev–Trinajstić information content (AvgIpc) is 3.06. The molecule has 2 aromatic heterocycles. The summed E-state index contributed by atoms with van der Waals surface area (Å²) in [4.78, 5) is 21.2. The highest BCUT2D eigenvalue weighted by atomic mass is 32.2. The number of carbonyl (C=O) groups is 1. The average molecular weight is 429 g/mol. The molecule has 2 heterocycles. The maximum Gasteiger partial charge on any atom is 0.234 e. The molecular formula is C20H24N6OS2. The molecule has 0 spiro atoms. The first-order valence-corrected chi connectivity index (χ1v) is 11.3. The van der Waals surface area contributed by atoms with Gasteiger partial charge in [-0.25, -0.2) is 9.97 Å². The molecule has 1 N–H and O–H groups in total. The number of anilines is 1. The summed E-state index contributed by atoms with van der Waals surface area (Å²) in [5.41, 5.74) is 3.81. The molecule has 3 aromatic rings. The highest BCUT2D eigenvalue weighted by Gasteiger charge is 2.14. The number of aryl methyl sites for hydroxylation is 3. The predicted molar refractivity (Wildman–Crippen MR) is 117 cm³/mol. The van der Waals surface area contributed by atoms with Crippen LogP contribution in [0.3, 0.4) is 0 Å². The lowest BCUT2D eigenvalue weighted by Gasteiger charge is -2.08. The van der Waals surface area contributed by atoms with Crippen LogP contribution >= 0.6 is 23.5 Å². The van der Waals surface area contributed by atoms with Crippen molar-refractivity contribution in [2.24, 2.45) is 0 Å². The summed E-state index contributed by atoms with van der Waals surface area (Å²) in [6.07, 6.45) is 0. The van der Waals surface area contributed by atoms with Gasteiger partial charge in [0.05, 0.1) is 11.5 Å². The number of amides is 1. The zero-order valence-corrected chi connectivity index (χ0v) is 18.6. The fourth-order valence-electron chi connectivity index (χ4n) is 2.79. The molecule has 1 aromatic carbocycles. The van der Waals surface area contributed by atoms with Crippen LogP contribution in [-0.2, 0) is 17.1 Å². The van der Waals surface area contributed by atoms with Crippen molar-refractivity contribution in [3.8, 4) is 0 Å². The van der Waals surface area contributed by atoms with Crippen molar-refractivity contribution in [2.45, 2.75) is 50.3 Å². The van der Waals surface area contributed by atoms with E-state index < -0.39 is 0 Å². The Hall–Kier alpha value is -2.39. The molecule has 0 bridgehead atoms. The maximum atomic E-state index is 12.3. The van der Waals surface area contributed by atoms with Crippen LogP contribution in [0.2, 0.25) is 0 Å². The predicted octanol–water partition coefficient (Wildman–Crippen LogP) is 4.04. The van der Waals surface area contributed by atoms with Crippen molar-refractivity contribution in [3.05, 3.63) is 53.1 Å². The Morgan fingerprint density at radius 3 is 2.52 bits per heavy atom. The smallest absolute Gasteiger partial charge is 0.234 e. The standard InChI is InChI=1S/C20H24N6OS2/c1-5-26-17(11-28-19-21-14(3)10-15(4)22-19)24-25-20(26)29-12-18(27)23-16-8-6-7-13(2)9-16/h6-10H,5,11-12H2,1-4H3,(H,23,27). The number of nitrogens with zero attached hydrogens (tertiary/aromatic N) is 5. The highest BCUT2D eigenvalue weighted by molar-refractivity contribution is 7.99. The van der Waals surface area contributed by atoms with E-state index in [1.54, 1.807) is 0 Å². The van der Waals surface area contributed by atoms with Gasteiger partial charge in [0, 0.05) is 23.6 Å². The zero-order valence-electron chi connectivity index (χ0n) is 17.0. The van der Waals surface area contributed by atoms with Gasteiger partial charge >= 0.3 is 0 Å². The molecule has 0 saturated carbocycles. The van der Waals surface area contributed by atoms with Gasteiger partial charge in [0.1, 0.15) is 5.82 Å². The first kappa shape index (κ1) is 21.3. The van der Waals surface area contributed by atoms with Crippen LogP contribution in [-0.4, -0.2) is 36.4 Å². The van der Waals surface area contributed by atoms with Crippen molar-refractivity contribution in [2.75, 3.05) is 11.1 Å². The second kappa shape index (κ2) is 9.89. The second-order valence-corrected chi connectivity index (χ2v) is 8.46. The van der Waals surface area contributed by atoms with Gasteiger partial charge in [0.25, 0.3) is 0 Å². The minimum atomic E-state index is -0.0641. The molecule has 0 aliphatic heterocycles. The molecule has 0 unspecified atom stereocenters. The second-order valence-electron chi connectivity index (χ2n) is 6.57. The third-order valence-corrected chi connectivity index (χ3v) is 5.85. The van der Waals surface area contributed by atoms with E-state index >= 15 is 0 Å². The van der Waals surface area contributed by atoms with Crippen LogP contribution in [0.4, 0.5) is 5.69 Å². The van der Waals surface area contributed by atoms with Gasteiger partial charge in [0.15, 0.2) is 10.3 Å². The molecule has 3 rings (SSSR count). The van der Waals surface area contributed by atoms with E-state index in [1.807, 2.05) is 62.6 Å². The Balaban J connectivity index is 1.59. The molecule has 152 valence electrons. The molecule has 7 nitrogen and oxygen atoms in total. The van der Waals surface area contributed by atoms with Crippen LogP contribution in [0.15, 0.2) is 40.6 Å². The van der Waals surface area contributed by atoms with Gasteiger partial charge in [-0.3, -0.25) is 4.79 Å². The first-order chi connectivity index (χ1) is 13.9. The van der Waals surface area contributed by atoms with Crippen molar-refractivity contribution < 1.29 is 4.79 Å². The Labute approximate surface area is 179 Å². The van der Waals surface area contributed by atoms with Crippen molar-refractivity contribution in [1.29, 1.82) is 0 Å². The summed E-state index contributed by atoms with van der Waals surface area (Å²) in [7, 11) is 0. The van der Waals surface area contributed by atoms with E-state index in [2.05, 4.69) is 25.5 Å². The maximum absolute atomic E-state index is 12.3. The van der Waals surface area contributed by atoms with Crippen molar-refractivity contribution >= 4 is 35.1 Å². The van der Waals surface area contributed by atoms with Crippen LogP contribution < -0.4 is 5.32 Å². The number of aromatic nitrogens is 5. The molecular weight excluding hydrogens is 404 g/mol. The third kappa shape index (κ3) is 6.04. The number of hydrogen-bond donors (Lipinski definition) is 1. The van der Waals surface area contributed by atoms with Gasteiger partial charge in [-0.2, -0.15) is 0 Å². The Morgan fingerprint density at radius 1 is 1.07 bits per heavy atom. The lowest BCUT2D eigenvalue weighted by Crippen LogP contribution is -2.14. The summed E-state index contributed by atoms with van der Waals surface area (Å²) in [6, 6.07) is 9.71. The number of rotatable bonds is 8. The highest BCUT2D eigenvalue weighted by Crippen LogP contribution is 2.23. The van der Waals surface area contributed by atoms with E-state index in [1.165, 1.54) is 23.5 Å². The number of benzene rings is 1. The monoisotopic (exact) mass is 428 g/mol. The molecule has 0 atom stereocenters. The topological polar surface area (TPSA) is 85.6 Å². The summed E-state index contributed by atoms with van der Waals surface area (Å²) < 4.78 is 2.03. The minimum absolute atomic E-state index is 0.0641. The minimum Gasteiger partial charge on any atom is -0.325 e. The normalized spacial score (nSPS) is 10.9. The summed E-state index contributed by atoms with van der Waals surface area (Å²) in [5.74, 6) is 1.69. The van der Waals surface area contributed by atoms with Crippen molar-refractivity contribution in [1.82, 2.24) is 24.7 Å². The fourth-order valence-corrected chi connectivity index (χ4v) is 4.50. The van der Waals surface area contributed by atoms with E-state index in [-0.39, 0.29) is 11.7 Å². The number of carbonyl (C=O) groups excluding carboxylic acids is 1. The quantitative estimate of drug-likeness (QED) is 0.428. The molecule has 0 fully saturated rings. The Bertz CT molecular complexity index is 984. The summed E-state index contributed by atoms with van der Waals surface area (Å²) >= 11 is 2.93. The molecule has 29 heavy (non-hydrogen) atoms. The van der Waals surface area contributed by atoms with Crippen molar-refractivity contribution in [3.63, 3.8) is 0 Å². The molecule has 0 saturated heterocycles. The molecule has 9 heteroatoms. The lowest BCUT2D eigenvalue weighted by molar-refractivity contribution is -0.113. The molecule has 0 aliphatic rings. The van der Waals surface area contributed by atoms with Gasteiger partial charge in [0.2, 0.25) is 5.91 Å². The molecule has 1 amide bonds. The SMILES string of the molecule is CCn1c(CSc2nc(C)cc(C)n2)nnc1SCC(=O)Nc1cccc(C)c1. The van der Waals surface area contributed by atoms with E-state index in [4.69, 9.17) is 0 Å². The lowest BCUT2D eigenvalue weighted by atomic mass is 10.2. The number of nitrogens with one attached hydrogen (secondary N) is 1. The van der Waals surface area contributed by atoms with Gasteiger partial charge < -0.3 is 9.88 Å². The van der Waals surface area contributed by atoms with Gasteiger partial charge in [-0.1, -0.05) is 35.7 Å². The summed E-state index contributed by atoms with van der Waals surface area (Å²) in [6.45, 7) is 8.70. The van der Waals surface area contributed by atoms with Gasteiger partial charge in [-0.15, -0.1) is 10.2 Å². The van der Waals surface area contributed by atoms with Crippen LogP contribution in [0.25, 0.3) is 0 Å². The van der Waals surface area contributed by atoms with E-state index in [0.717, 1.165) is 45.3 Å². The van der Waals surface area contributed by atoms with E-state index in [9.17, 15) is 4.79 Å². The van der Waals surface area contributed by atoms with Crippen LogP contribution in [0.1, 0.15) is 29.7 Å². The number of hydrogen-bond acceptors (Lipinski definition) is 7. The Kier molecular flexibility index (Phi) is 7.27. The molecule has 0 aliphatic carbocycles. The van der Waals surface area contributed by atoms with E-state index in [0.29, 0.717) is 5.75 Å². The Morgan fingerprint density at radius 2 is 1.83 bits per heavy atom.